The van der Waals surface area contributed by atoms with Crippen molar-refractivity contribution in [2.24, 2.45) is 0 Å². The second-order valence-corrected chi connectivity index (χ2v) is 3.29. The van der Waals surface area contributed by atoms with E-state index in [2.05, 4.69) is 16.0 Å². The molecule has 1 unspecified atom stereocenters. The molecule has 0 saturated heterocycles. The minimum Gasteiger partial charge on any atom is -0.382 e. The van der Waals surface area contributed by atoms with Crippen molar-refractivity contribution in [3.63, 3.8) is 0 Å². The Morgan fingerprint density at radius 2 is 2.06 bits per heavy atom. The predicted octanol–water partition coefficient (Wildman–Crippen LogP) is -0.153. The Bertz CT molecular complexity index is 221. The summed E-state index contributed by atoms with van der Waals surface area (Å²) in [5.41, 5.74) is 0. The van der Waals surface area contributed by atoms with Crippen LogP contribution in [0.1, 0.15) is 20.3 Å². The molecule has 0 aromatic rings. The molecule has 3 amide bonds. The summed E-state index contributed by atoms with van der Waals surface area (Å²) in [6.45, 7) is 5.70. The van der Waals surface area contributed by atoms with Crippen molar-refractivity contribution in [2.45, 2.75) is 26.3 Å². The van der Waals surface area contributed by atoms with E-state index in [4.69, 9.17) is 4.74 Å². The third kappa shape index (κ3) is 7.19. The highest BCUT2D eigenvalue weighted by Gasteiger charge is 2.13. The van der Waals surface area contributed by atoms with Crippen molar-refractivity contribution >= 4 is 11.9 Å². The van der Waals surface area contributed by atoms with Gasteiger partial charge in [0.2, 0.25) is 5.91 Å². The van der Waals surface area contributed by atoms with Gasteiger partial charge >= 0.3 is 6.03 Å². The van der Waals surface area contributed by atoms with Crippen LogP contribution in [0.25, 0.3) is 0 Å². The van der Waals surface area contributed by atoms with E-state index in [1.807, 2.05) is 6.92 Å². The SMILES string of the molecule is CCOCCCNC(C)C(=O)NC(=O)NC. The lowest BCUT2D eigenvalue weighted by atomic mass is 10.3. The highest BCUT2D eigenvalue weighted by molar-refractivity contribution is 5.96. The summed E-state index contributed by atoms with van der Waals surface area (Å²) in [6, 6.07) is -0.883. The van der Waals surface area contributed by atoms with Gasteiger partial charge in [-0.15, -0.1) is 0 Å². The van der Waals surface area contributed by atoms with E-state index in [0.717, 1.165) is 6.42 Å². The number of hydrogen-bond donors (Lipinski definition) is 3. The van der Waals surface area contributed by atoms with Gasteiger partial charge in [-0.05, 0) is 26.8 Å². The van der Waals surface area contributed by atoms with Crippen LogP contribution in [0.3, 0.4) is 0 Å². The molecule has 0 aromatic carbocycles. The van der Waals surface area contributed by atoms with Gasteiger partial charge in [0.15, 0.2) is 0 Å². The first-order valence-electron chi connectivity index (χ1n) is 5.45. The van der Waals surface area contributed by atoms with Crippen molar-refractivity contribution in [1.29, 1.82) is 0 Å². The van der Waals surface area contributed by atoms with Crippen LogP contribution in [-0.2, 0) is 9.53 Å². The molecule has 0 saturated carbocycles. The molecule has 0 rings (SSSR count). The van der Waals surface area contributed by atoms with Gasteiger partial charge in [-0.2, -0.15) is 0 Å². The van der Waals surface area contributed by atoms with Gasteiger partial charge in [-0.1, -0.05) is 0 Å². The molecular formula is C10H21N3O3. The van der Waals surface area contributed by atoms with Crippen LogP contribution >= 0.6 is 0 Å². The molecule has 6 nitrogen and oxygen atoms in total. The molecule has 0 aromatic heterocycles. The van der Waals surface area contributed by atoms with Crippen LogP contribution in [0.15, 0.2) is 0 Å². The summed E-state index contributed by atoms with van der Waals surface area (Å²) in [5.74, 6) is -0.337. The quantitative estimate of drug-likeness (QED) is 0.532. The number of imide groups is 1. The fourth-order valence-electron chi connectivity index (χ4n) is 1.01. The number of carbonyl (C=O) groups excluding carboxylic acids is 2. The monoisotopic (exact) mass is 231 g/mol. The van der Waals surface area contributed by atoms with Crippen LogP contribution in [0.5, 0.6) is 0 Å². The van der Waals surface area contributed by atoms with Crippen LogP contribution in [0, 0.1) is 0 Å². The Labute approximate surface area is 96.1 Å². The van der Waals surface area contributed by atoms with E-state index in [0.29, 0.717) is 19.8 Å². The summed E-state index contributed by atoms with van der Waals surface area (Å²) < 4.78 is 5.15. The zero-order valence-corrected chi connectivity index (χ0v) is 10.1. The highest BCUT2D eigenvalue weighted by Crippen LogP contribution is 1.85. The molecular weight excluding hydrogens is 210 g/mol. The number of rotatable bonds is 7. The minimum atomic E-state index is -0.493. The smallest absolute Gasteiger partial charge is 0.321 e. The normalized spacial score (nSPS) is 11.9. The van der Waals surface area contributed by atoms with Gasteiger partial charge in [0.25, 0.3) is 0 Å². The summed E-state index contributed by atoms with van der Waals surface area (Å²) in [7, 11) is 1.46. The van der Waals surface area contributed by atoms with Crippen LogP contribution in [-0.4, -0.2) is 44.8 Å². The molecule has 94 valence electrons. The Hall–Kier alpha value is -1.14. The van der Waals surface area contributed by atoms with Crippen LogP contribution in [0.4, 0.5) is 4.79 Å². The fourth-order valence-corrected chi connectivity index (χ4v) is 1.01. The fraction of sp³-hybridized carbons (Fsp3) is 0.800. The molecule has 16 heavy (non-hydrogen) atoms. The van der Waals surface area contributed by atoms with Crippen molar-refractivity contribution in [1.82, 2.24) is 16.0 Å². The maximum atomic E-state index is 11.4. The third-order valence-electron chi connectivity index (χ3n) is 1.98. The standard InChI is InChI=1S/C10H21N3O3/c1-4-16-7-5-6-12-8(2)9(14)13-10(15)11-3/h8,12H,4-7H2,1-3H3,(H2,11,13,14,15). The van der Waals surface area contributed by atoms with Crippen molar-refractivity contribution in [3.05, 3.63) is 0 Å². The first kappa shape index (κ1) is 14.9. The molecule has 0 bridgehead atoms. The topological polar surface area (TPSA) is 79.5 Å². The van der Waals surface area contributed by atoms with Gasteiger partial charge in [-0.3, -0.25) is 10.1 Å². The molecule has 3 N–H and O–H groups in total. The van der Waals surface area contributed by atoms with Crippen molar-refractivity contribution < 1.29 is 14.3 Å². The van der Waals surface area contributed by atoms with E-state index in [9.17, 15) is 9.59 Å². The van der Waals surface area contributed by atoms with Crippen LogP contribution in [0.2, 0.25) is 0 Å². The molecule has 0 aliphatic rings. The lowest BCUT2D eigenvalue weighted by Crippen LogP contribution is -2.47. The summed E-state index contributed by atoms with van der Waals surface area (Å²) in [4.78, 5) is 22.2. The molecule has 6 heteroatoms. The Kier molecular flexibility index (Phi) is 8.46. The molecule has 0 spiro atoms. The first-order valence-corrected chi connectivity index (χ1v) is 5.45. The van der Waals surface area contributed by atoms with E-state index >= 15 is 0 Å². The Morgan fingerprint density at radius 3 is 2.62 bits per heavy atom. The number of hydrogen-bond acceptors (Lipinski definition) is 4. The predicted molar refractivity (Wildman–Crippen MR) is 61.2 cm³/mol. The summed E-state index contributed by atoms with van der Waals surface area (Å²) in [5, 5.41) is 7.51. The number of amides is 3. The number of nitrogens with one attached hydrogen (secondary N) is 3. The number of ether oxygens (including phenoxy) is 1. The average Bonchev–Trinajstić information content (AvgIpc) is 2.28. The van der Waals surface area contributed by atoms with E-state index in [1.54, 1.807) is 6.92 Å². The van der Waals surface area contributed by atoms with Crippen molar-refractivity contribution in [3.8, 4) is 0 Å². The second-order valence-electron chi connectivity index (χ2n) is 3.29. The molecule has 0 fully saturated rings. The summed E-state index contributed by atoms with van der Waals surface area (Å²) in [6.07, 6.45) is 0.839. The second kappa shape index (κ2) is 9.11. The molecule has 0 heterocycles. The molecule has 0 aliphatic carbocycles. The molecule has 1 atom stereocenters. The lowest BCUT2D eigenvalue weighted by molar-refractivity contribution is -0.121. The van der Waals surface area contributed by atoms with Gasteiger partial charge in [0, 0.05) is 20.3 Å². The first-order chi connectivity index (χ1) is 7.61. The maximum Gasteiger partial charge on any atom is 0.321 e. The average molecular weight is 231 g/mol. The van der Waals surface area contributed by atoms with Crippen molar-refractivity contribution in [2.75, 3.05) is 26.8 Å². The van der Waals surface area contributed by atoms with Gasteiger partial charge in [0.05, 0.1) is 6.04 Å². The number of carbonyl (C=O) groups is 2. The van der Waals surface area contributed by atoms with Crippen LogP contribution < -0.4 is 16.0 Å². The Balaban J connectivity index is 3.59. The highest BCUT2D eigenvalue weighted by atomic mass is 16.5. The van der Waals surface area contributed by atoms with Gasteiger partial charge in [-0.25, -0.2) is 4.79 Å². The summed E-state index contributed by atoms with van der Waals surface area (Å²) >= 11 is 0. The molecule has 0 radical (unpaired) electrons. The van der Waals surface area contributed by atoms with Gasteiger partial charge in [0.1, 0.15) is 0 Å². The van der Waals surface area contributed by atoms with Gasteiger partial charge < -0.3 is 15.4 Å². The van der Waals surface area contributed by atoms with E-state index in [1.165, 1.54) is 7.05 Å². The van der Waals surface area contributed by atoms with E-state index < -0.39 is 6.03 Å². The largest absolute Gasteiger partial charge is 0.382 e. The lowest BCUT2D eigenvalue weighted by Gasteiger charge is -2.12. The minimum absolute atomic E-state index is 0.337. The number of urea groups is 1. The zero-order chi connectivity index (χ0) is 12.4. The Morgan fingerprint density at radius 1 is 1.38 bits per heavy atom. The molecule has 0 aliphatic heterocycles. The zero-order valence-electron chi connectivity index (χ0n) is 10.1. The maximum absolute atomic E-state index is 11.4. The van der Waals surface area contributed by atoms with E-state index in [-0.39, 0.29) is 11.9 Å². The third-order valence-corrected chi connectivity index (χ3v) is 1.98.